The van der Waals surface area contributed by atoms with Crippen LogP contribution >= 0.6 is 11.6 Å². The molecule has 3 rings (SSSR count). The van der Waals surface area contributed by atoms with Crippen LogP contribution in [0.25, 0.3) is 0 Å². The number of hydrogen-bond donors (Lipinski definition) is 2. The highest BCUT2D eigenvalue weighted by molar-refractivity contribution is 6.31. The van der Waals surface area contributed by atoms with Crippen LogP contribution in [0.1, 0.15) is 44.6 Å². The molecule has 0 saturated heterocycles. The molecule has 0 aliphatic heterocycles. The van der Waals surface area contributed by atoms with Gasteiger partial charge in [-0.1, -0.05) is 36.7 Å². The average molecular weight is 324 g/mol. The van der Waals surface area contributed by atoms with Crippen molar-refractivity contribution in [1.29, 1.82) is 0 Å². The molecule has 1 aromatic carbocycles. The second-order valence-corrected chi connectivity index (χ2v) is 6.98. The van der Waals surface area contributed by atoms with Crippen molar-refractivity contribution >= 4 is 17.7 Å². The Labute approximate surface area is 135 Å². The number of fused-ring (bicyclic) bond motifs is 2. The number of halogens is 1. The molecule has 0 radical (unpaired) electrons. The molecule has 2 fully saturated rings. The Bertz CT molecular complexity index is 579. The number of rotatable bonds is 4. The standard InChI is InChI=1S/C17H22ClNO3/c1-2-15(20)19(16(21)22)14-9-11-7-8-17(14,10-11)12-5-3-4-6-13(12)18/h3-6,11,14-15,20H,2,7-10H2,1H3,(H,21,22)/t11?,14-,15?,17-/m1/s1. The van der Waals surface area contributed by atoms with Crippen LogP contribution in [0.3, 0.4) is 0 Å². The van der Waals surface area contributed by atoms with Gasteiger partial charge in [0, 0.05) is 16.5 Å². The van der Waals surface area contributed by atoms with Gasteiger partial charge < -0.3 is 10.2 Å². The third-order valence-corrected chi connectivity index (χ3v) is 5.83. The molecule has 4 nitrogen and oxygen atoms in total. The minimum atomic E-state index is -1.04. The van der Waals surface area contributed by atoms with E-state index in [1.54, 1.807) is 6.92 Å². The molecule has 2 bridgehead atoms. The van der Waals surface area contributed by atoms with Gasteiger partial charge in [0.25, 0.3) is 0 Å². The van der Waals surface area contributed by atoms with E-state index in [9.17, 15) is 15.0 Å². The lowest BCUT2D eigenvalue weighted by atomic mass is 9.73. The van der Waals surface area contributed by atoms with Crippen LogP contribution in [0, 0.1) is 5.92 Å². The molecule has 2 aliphatic rings. The van der Waals surface area contributed by atoms with Gasteiger partial charge in [-0.15, -0.1) is 0 Å². The van der Waals surface area contributed by atoms with E-state index in [-0.39, 0.29) is 11.5 Å². The fourth-order valence-electron chi connectivity index (χ4n) is 4.56. The molecule has 1 amide bonds. The van der Waals surface area contributed by atoms with Crippen LogP contribution in [-0.2, 0) is 5.41 Å². The quantitative estimate of drug-likeness (QED) is 0.827. The number of benzene rings is 1. The summed E-state index contributed by atoms with van der Waals surface area (Å²) >= 11 is 6.43. The number of carboxylic acid groups (broad SMARTS) is 1. The second kappa shape index (κ2) is 5.74. The molecule has 0 spiro atoms. The number of carbonyl (C=O) groups is 1. The summed E-state index contributed by atoms with van der Waals surface area (Å²) in [6, 6.07) is 7.55. The van der Waals surface area contributed by atoms with Gasteiger partial charge in [-0.2, -0.15) is 0 Å². The first-order chi connectivity index (χ1) is 10.5. The molecule has 120 valence electrons. The van der Waals surface area contributed by atoms with Crippen LogP contribution in [0.4, 0.5) is 4.79 Å². The van der Waals surface area contributed by atoms with Gasteiger partial charge >= 0.3 is 6.09 Å². The number of nitrogens with zero attached hydrogens (tertiary/aromatic N) is 1. The Kier molecular flexibility index (Phi) is 4.08. The average Bonchev–Trinajstić information content (AvgIpc) is 3.06. The molecule has 0 aromatic heterocycles. The summed E-state index contributed by atoms with van der Waals surface area (Å²) < 4.78 is 0. The van der Waals surface area contributed by atoms with Crippen LogP contribution < -0.4 is 0 Å². The molecule has 4 atom stereocenters. The van der Waals surface area contributed by atoms with Crippen molar-refractivity contribution in [3.8, 4) is 0 Å². The lowest BCUT2D eigenvalue weighted by molar-refractivity contribution is -0.0321. The lowest BCUT2D eigenvalue weighted by Gasteiger charge is -2.43. The smallest absolute Gasteiger partial charge is 0.409 e. The van der Waals surface area contributed by atoms with E-state index in [4.69, 9.17) is 11.6 Å². The largest absolute Gasteiger partial charge is 0.465 e. The summed E-state index contributed by atoms with van der Waals surface area (Å²) in [5.74, 6) is 0.521. The molecule has 2 saturated carbocycles. The van der Waals surface area contributed by atoms with E-state index in [0.29, 0.717) is 17.4 Å². The third-order valence-electron chi connectivity index (χ3n) is 5.50. The maximum absolute atomic E-state index is 11.8. The molecule has 0 heterocycles. The molecule has 2 aliphatic carbocycles. The minimum Gasteiger partial charge on any atom is -0.465 e. The molecular formula is C17H22ClNO3. The maximum Gasteiger partial charge on any atom is 0.409 e. The Morgan fingerprint density at radius 3 is 2.82 bits per heavy atom. The second-order valence-electron chi connectivity index (χ2n) is 6.58. The monoisotopic (exact) mass is 323 g/mol. The number of aliphatic hydroxyl groups is 1. The van der Waals surface area contributed by atoms with Gasteiger partial charge in [-0.3, -0.25) is 4.90 Å². The van der Waals surface area contributed by atoms with Crippen molar-refractivity contribution < 1.29 is 15.0 Å². The summed E-state index contributed by atoms with van der Waals surface area (Å²) in [4.78, 5) is 13.0. The van der Waals surface area contributed by atoms with Gasteiger partial charge in [0.1, 0.15) is 6.23 Å². The van der Waals surface area contributed by atoms with E-state index in [1.165, 1.54) is 4.90 Å². The van der Waals surface area contributed by atoms with Crippen LogP contribution in [0.15, 0.2) is 24.3 Å². The Morgan fingerprint density at radius 2 is 2.23 bits per heavy atom. The van der Waals surface area contributed by atoms with Crippen LogP contribution in [0.5, 0.6) is 0 Å². The van der Waals surface area contributed by atoms with Crippen LogP contribution in [0.2, 0.25) is 5.02 Å². The SMILES string of the molecule is CCC(O)N(C(=O)O)[C@@H]1CC2CC[C@]1(c1ccccc1Cl)C2. The molecule has 5 heteroatoms. The topological polar surface area (TPSA) is 60.8 Å². The van der Waals surface area contributed by atoms with E-state index >= 15 is 0 Å². The zero-order valence-electron chi connectivity index (χ0n) is 12.7. The van der Waals surface area contributed by atoms with Crippen molar-refractivity contribution in [3.05, 3.63) is 34.9 Å². The van der Waals surface area contributed by atoms with Gasteiger partial charge in [0.15, 0.2) is 0 Å². The Morgan fingerprint density at radius 1 is 1.50 bits per heavy atom. The Hall–Kier alpha value is -1.26. The fraction of sp³-hybridized carbons (Fsp3) is 0.588. The van der Waals surface area contributed by atoms with Crippen molar-refractivity contribution in [1.82, 2.24) is 4.90 Å². The predicted molar refractivity (Wildman–Crippen MR) is 85.0 cm³/mol. The fourth-order valence-corrected chi connectivity index (χ4v) is 4.88. The van der Waals surface area contributed by atoms with Crippen molar-refractivity contribution in [3.63, 3.8) is 0 Å². The third kappa shape index (κ3) is 2.29. The van der Waals surface area contributed by atoms with Gasteiger partial charge in [-0.25, -0.2) is 4.79 Å². The van der Waals surface area contributed by atoms with Crippen molar-refractivity contribution in [2.75, 3.05) is 0 Å². The first-order valence-electron chi connectivity index (χ1n) is 7.94. The van der Waals surface area contributed by atoms with Gasteiger partial charge in [-0.05, 0) is 49.7 Å². The highest BCUT2D eigenvalue weighted by Gasteiger charge is 2.57. The van der Waals surface area contributed by atoms with Crippen LogP contribution in [-0.4, -0.2) is 33.5 Å². The zero-order valence-corrected chi connectivity index (χ0v) is 13.5. The molecule has 2 N–H and O–H groups in total. The molecule has 2 unspecified atom stereocenters. The first-order valence-corrected chi connectivity index (χ1v) is 8.31. The summed E-state index contributed by atoms with van der Waals surface area (Å²) in [5.41, 5.74) is 0.786. The lowest BCUT2D eigenvalue weighted by Crippen LogP contribution is -2.54. The number of amides is 1. The molecular weight excluding hydrogens is 302 g/mol. The minimum absolute atomic E-state index is 0.196. The normalized spacial score (nSPS) is 31.2. The zero-order chi connectivity index (χ0) is 15.9. The summed E-state index contributed by atoms with van der Waals surface area (Å²) in [6.45, 7) is 1.80. The van der Waals surface area contributed by atoms with E-state index in [0.717, 1.165) is 31.2 Å². The molecule has 22 heavy (non-hydrogen) atoms. The van der Waals surface area contributed by atoms with E-state index in [2.05, 4.69) is 0 Å². The first kappa shape index (κ1) is 15.6. The Balaban J connectivity index is 2.04. The van der Waals surface area contributed by atoms with E-state index < -0.39 is 12.3 Å². The number of aliphatic hydroxyl groups excluding tert-OH is 1. The van der Waals surface area contributed by atoms with Gasteiger partial charge in [0.2, 0.25) is 0 Å². The highest BCUT2D eigenvalue weighted by atomic mass is 35.5. The number of hydrogen-bond acceptors (Lipinski definition) is 2. The van der Waals surface area contributed by atoms with Gasteiger partial charge in [0.05, 0.1) is 0 Å². The van der Waals surface area contributed by atoms with Crippen molar-refractivity contribution in [2.24, 2.45) is 5.92 Å². The summed E-state index contributed by atoms with van der Waals surface area (Å²) in [5, 5.41) is 20.5. The van der Waals surface area contributed by atoms with Crippen molar-refractivity contribution in [2.45, 2.75) is 56.7 Å². The maximum atomic E-state index is 11.8. The summed E-state index contributed by atoms with van der Waals surface area (Å²) in [6.07, 6.45) is 2.21. The predicted octanol–water partition coefficient (Wildman–Crippen LogP) is 3.86. The molecule has 1 aromatic rings. The highest BCUT2D eigenvalue weighted by Crippen LogP contribution is 2.58. The summed E-state index contributed by atoms with van der Waals surface area (Å²) in [7, 11) is 0. The van der Waals surface area contributed by atoms with E-state index in [1.807, 2.05) is 24.3 Å².